The monoisotopic (exact) mass is 642 g/mol. The van der Waals surface area contributed by atoms with E-state index in [-0.39, 0.29) is 12.0 Å². The largest absolute Gasteiger partial charge is 0.333 e. The van der Waals surface area contributed by atoms with Crippen LogP contribution < -0.4 is 4.90 Å². The quantitative estimate of drug-likeness (QED) is 0.182. The molecule has 0 fully saturated rings. The van der Waals surface area contributed by atoms with Gasteiger partial charge in [0, 0.05) is 33.8 Å². The highest BCUT2D eigenvalue weighted by atomic mass is 15.2. The molecule has 0 bridgehead atoms. The Labute approximate surface area is 294 Å². The van der Waals surface area contributed by atoms with Crippen LogP contribution >= 0.6 is 0 Å². The molecule has 3 aliphatic carbocycles. The van der Waals surface area contributed by atoms with Crippen molar-refractivity contribution in [2.45, 2.75) is 37.6 Å². The van der Waals surface area contributed by atoms with Gasteiger partial charge in [0.15, 0.2) is 0 Å². The molecule has 0 spiro atoms. The lowest BCUT2D eigenvalue weighted by Gasteiger charge is -2.29. The average Bonchev–Trinajstić information content (AvgIpc) is 3.71. The Morgan fingerprint density at radius 3 is 2.10 bits per heavy atom. The van der Waals surface area contributed by atoms with Gasteiger partial charge in [-0.15, -0.1) is 0 Å². The Kier molecular flexibility index (Phi) is 6.94. The van der Waals surface area contributed by atoms with Crippen LogP contribution in [-0.4, -0.2) is 10.6 Å². The summed E-state index contributed by atoms with van der Waals surface area (Å²) in [6, 6.07) is 43.3. The summed E-state index contributed by atoms with van der Waals surface area (Å²) in [5, 5.41) is 2.61. The first-order valence-electron chi connectivity index (χ1n) is 18.1. The van der Waals surface area contributed by atoms with Crippen molar-refractivity contribution in [3.05, 3.63) is 187 Å². The van der Waals surface area contributed by atoms with Gasteiger partial charge in [0.25, 0.3) is 0 Å². The summed E-state index contributed by atoms with van der Waals surface area (Å²) in [6.07, 6.45) is 25.3. The van der Waals surface area contributed by atoms with Gasteiger partial charge in [0.05, 0.1) is 17.1 Å². The summed E-state index contributed by atoms with van der Waals surface area (Å²) in [5.41, 5.74) is 15.5. The van der Waals surface area contributed by atoms with E-state index in [1.165, 1.54) is 77.8 Å². The fourth-order valence-electron chi connectivity index (χ4n) is 8.58. The van der Waals surface area contributed by atoms with Crippen molar-refractivity contribution in [1.82, 2.24) is 4.57 Å². The van der Waals surface area contributed by atoms with Crippen LogP contribution in [0.25, 0.3) is 49.8 Å². The van der Waals surface area contributed by atoms with Gasteiger partial charge in [-0.25, -0.2) is 0 Å². The molecule has 2 unspecified atom stereocenters. The Hall–Kier alpha value is -5.86. The van der Waals surface area contributed by atoms with E-state index in [0.29, 0.717) is 0 Å². The third kappa shape index (κ3) is 4.78. The zero-order valence-corrected chi connectivity index (χ0v) is 28.0. The molecule has 240 valence electrons. The van der Waals surface area contributed by atoms with E-state index >= 15 is 0 Å². The molecule has 10 rings (SSSR count). The zero-order chi connectivity index (χ0) is 33.0. The van der Waals surface area contributed by atoms with Crippen LogP contribution in [-0.2, 0) is 0 Å². The predicted octanol–water partition coefficient (Wildman–Crippen LogP) is 12.6. The van der Waals surface area contributed by atoms with E-state index in [0.717, 1.165) is 25.7 Å². The van der Waals surface area contributed by atoms with Crippen molar-refractivity contribution >= 4 is 50.0 Å². The maximum atomic E-state index is 2.51. The lowest BCUT2D eigenvalue weighted by molar-refractivity contribution is 0.747. The summed E-state index contributed by atoms with van der Waals surface area (Å²) >= 11 is 0. The third-order valence-electron chi connectivity index (χ3n) is 11.0. The highest BCUT2D eigenvalue weighted by Gasteiger charge is 2.38. The van der Waals surface area contributed by atoms with Crippen molar-refractivity contribution in [2.75, 3.05) is 4.90 Å². The summed E-state index contributed by atoms with van der Waals surface area (Å²) in [5.74, 6) is 0.289. The molecule has 2 atom stereocenters. The van der Waals surface area contributed by atoms with Gasteiger partial charge in [0.1, 0.15) is 0 Å². The van der Waals surface area contributed by atoms with Crippen LogP contribution in [0.2, 0.25) is 0 Å². The van der Waals surface area contributed by atoms with Gasteiger partial charge in [-0.1, -0.05) is 121 Å². The number of fused-ring (bicyclic) bond motifs is 6. The highest BCUT2D eigenvalue weighted by molar-refractivity contribution is 6.12. The van der Waals surface area contributed by atoms with Crippen LogP contribution in [0.4, 0.5) is 11.4 Å². The van der Waals surface area contributed by atoms with E-state index < -0.39 is 0 Å². The minimum absolute atomic E-state index is 0.259. The lowest BCUT2D eigenvalue weighted by Crippen LogP contribution is -2.28. The molecule has 4 aliphatic rings. The molecule has 6 aromatic rings. The molecule has 0 amide bonds. The molecule has 1 aliphatic heterocycles. The Balaban J connectivity index is 1.08. The number of para-hydroxylation sites is 2. The fourth-order valence-corrected chi connectivity index (χ4v) is 8.58. The molecule has 2 heteroatoms. The molecule has 0 N–H and O–H groups in total. The number of hydrogen-bond acceptors (Lipinski definition) is 1. The van der Waals surface area contributed by atoms with Gasteiger partial charge in [-0.2, -0.15) is 0 Å². The molecule has 2 heterocycles. The maximum absolute atomic E-state index is 2.51. The number of anilines is 2. The van der Waals surface area contributed by atoms with Crippen LogP contribution in [0.5, 0.6) is 0 Å². The molecule has 0 radical (unpaired) electrons. The summed E-state index contributed by atoms with van der Waals surface area (Å²) in [6.45, 7) is 0. The second-order valence-electron chi connectivity index (χ2n) is 13.9. The van der Waals surface area contributed by atoms with Crippen molar-refractivity contribution in [3.8, 4) is 11.1 Å². The Morgan fingerprint density at radius 2 is 1.32 bits per heavy atom. The summed E-state index contributed by atoms with van der Waals surface area (Å²) < 4.78 is 2.50. The Morgan fingerprint density at radius 1 is 0.580 bits per heavy atom. The van der Waals surface area contributed by atoms with Crippen molar-refractivity contribution in [1.29, 1.82) is 0 Å². The predicted molar refractivity (Wildman–Crippen MR) is 213 cm³/mol. The topological polar surface area (TPSA) is 8.17 Å². The first-order valence-corrected chi connectivity index (χ1v) is 18.1. The van der Waals surface area contributed by atoms with E-state index in [4.69, 9.17) is 0 Å². The Bertz CT molecular complexity index is 2480. The molecule has 2 nitrogen and oxygen atoms in total. The fraction of sp³-hybridized carbons (Fsp3) is 0.125. The van der Waals surface area contributed by atoms with E-state index in [1.54, 1.807) is 0 Å². The number of allylic oxidation sites excluding steroid dienone is 10. The molecule has 5 aromatic carbocycles. The van der Waals surface area contributed by atoms with Crippen LogP contribution in [0.15, 0.2) is 170 Å². The zero-order valence-electron chi connectivity index (χ0n) is 28.0. The van der Waals surface area contributed by atoms with Gasteiger partial charge < -0.3 is 9.47 Å². The molecule has 50 heavy (non-hydrogen) atoms. The van der Waals surface area contributed by atoms with Gasteiger partial charge in [0.2, 0.25) is 0 Å². The first kappa shape index (κ1) is 29.1. The second-order valence-corrected chi connectivity index (χ2v) is 13.9. The van der Waals surface area contributed by atoms with Crippen LogP contribution in [0.3, 0.4) is 0 Å². The van der Waals surface area contributed by atoms with Crippen LogP contribution in [0, 0.1) is 0 Å². The standard InChI is InChI=1S/C48H38N2/c1-4-12-33(13-5-1)34-20-22-35(23-21-34)36-24-27-47-43(30-36)44-32-38(26-29-48(44)50(47)40-16-8-3-9-17-40)37-25-28-46-42(31-37)41-18-10-11-19-45(41)49(46)39-14-6-2-7-15-39/h2-4,6-8,10-16,18-32,42,46H,1,5,9,17H2. The smallest absolute Gasteiger partial charge is 0.0630 e. The van der Waals surface area contributed by atoms with Crippen molar-refractivity contribution in [3.63, 3.8) is 0 Å². The molecular formula is C48H38N2. The summed E-state index contributed by atoms with van der Waals surface area (Å²) in [7, 11) is 0. The number of hydrogen-bond donors (Lipinski definition) is 0. The van der Waals surface area contributed by atoms with Crippen molar-refractivity contribution < 1.29 is 0 Å². The molecule has 1 aromatic heterocycles. The van der Waals surface area contributed by atoms with Gasteiger partial charge in [-0.05, 0) is 113 Å². The van der Waals surface area contributed by atoms with Crippen molar-refractivity contribution in [2.24, 2.45) is 0 Å². The van der Waals surface area contributed by atoms with Gasteiger partial charge in [-0.3, -0.25) is 0 Å². The molecule has 0 saturated heterocycles. The minimum Gasteiger partial charge on any atom is -0.333 e. The first-order chi connectivity index (χ1) is 24.8. The average molecular weight is 643 g/mol. The number of benzene rings is 5. The minimum atomic E-state index is 0.259. The molecule has 0 saturated carbocycles. The lowest BCUT2D eigenvalue weighted by atomic mass is 9.86. The number of rotatable bonds is 5. The van der Waals surface area contributed by atoms with E-state index in [1.807, 2.05) is 0 Å². The third-order valence-corrected chi connectivity index (χ3v) is 11.0. The normalized spacial score (nSPS) is 19.4. The number of aromatic nitrogens is 1. The second kappa shape index (κ2) is 11.9. The highest BCUT2D eigenvalue weighted by Crippen LogP contribution is 2.49. The summed E-state index contributed by atoms with van der Waals surface area (Å²) in [4.78, 5) is 2.50. The van der Waals surface area contributed by atoms with E-state index in [9.17, 15) is 0 Å². The maximum Gasteiger partial charge on any atom is 0.0630 e. The number of nitrogens with zero attached hydrogens (tertiary/aromatic N) is 2. The van der Waals surface area contributed by atoms with E-state index in [2.05, 4.69) is 179 Å². The SMILES string of the molecule is C1=CCCC(n2c3ccc(C4=CC5c6ccccc6N(c6ccccc6)C5C=C4)cc3c3cc(-c4ccc(C5=CCCC=C5)cc4)ccc32)=C1. The van der Waals surface area contributed by atoms with Gasteiger partial charge >= 0.3 is 0 Å². The van der Waals surface area contributed by atoms with Crippen LogP contribution in [0.1, 0.15) is 48.3 Å². The molecular weight excluding hydrogens is 605 g/mol.